The molecule has 2 fully saturated rings. The summed E-state index contributed by atoms with van der Waals surface area (Å²) >= 11 is 0. The number of hydrogen-bond donors (Lipinski definition) is 5. The Kier molecular flexibility index (Phi) is 17.3. The van der Waals surface area contributed by atoms with Crippen LogP contribution in [0.2, 0.25) is 0 Å². The predicted molar refractivity (Wildman–Crippen MR) is 175 cm³/mol. The Labute approximate surface area is 252 Å². The normalized spacial score (nSPS) is 18.7. The first-order chi connectivity index (χ1) is 20.0. The van der Waals surface area contributed by atoms with Crippen LogP contribution in [0.3, 0.4) is 0 Å². The average Bonchev–Trinajstić information content (AvgIpc) is 3.49. The lowest BCUT2D eigenvalue weighted by Gasteiger charge is -2.19. The highest BCUT2D eigenvalue weighted by atomic mass is 16.4. The molecule has 9 heteroatoms. The Morgan fingerprint density at radius 2 is 1.60 bits per heavy atom. The molecule has 2 aliphatic carbocycles. The molecule has 0 atom stereocenters. The third-order valence-electron chi connectivity index (χ3n) is 7.13. The number of aliphatic carboxylic acids is 1. The molecule has 2 aliphatic rings. The number of hydrogen-bond acceptors (Lipinski definition) is 6. The van der Waals surface area contributed by atoms with Crippen LogP contribution < -0.4 is 22.1 Å². The van der Waals surface area contributed by atoms with Gasteiger partial charge in [0.1, 0.15) is 11.7 Å². The molecule has 0 aliphatic heterocycles. The molecule has 2 rings (SSSR count). The van der Waals surface area contributed by atoms with E-state index in [-0.39, 0.29) is 5.92 Å². The number of nitrogens with two attached hydrogens (primary N) is 2. The van der Waals surface area contributed by atoms with Gasteiger partial charge in [-0.3, -0.25) is 14.6 Å². The fraction of sp³-hybridized carbons (Fsp3) is 0.515. The van der Waals surface area contributed by atoms with Crippen LogP contribution in [0.4, 0.5) is 0 Å². The number of allylic oxidation sites excluding steroid dienone is 7. The Bertz CT molecular complexity index is 1120. The summed E-state index contributed by atoms with van der Waals surface area (Å²) in [6.07, 6.45) is 20.9. The van der Waals surface area contributed by atoms with Gasteiger partial charge in [0.15, 0.2) is 0 Å². The number of nitrogens with zero attached hydrogens (tertiary/aromatic N) is 2. The second-order valence-electron chi connectivity index (χ2n) is 10.8. The van der Waals surface area contributed by atoms with Crippen molar-refractivity contribution in [2.45, 2.75) is 105 Å². The van der Waals surface area contributed by atoms with Crippen molar-refractivity contribution in [2.24, 2.45) is 27.4 Å². The van der Waals surface area contributed by atoms with Crippen LogP contribution in [0.15, 0.2) is 81.0 Å². The number of carboxylic acid groups (broad SMARTS) is 1. The van der Waals surface area contributed by atoms with Crippen molar-refractivity contribution >= 4 is 23.9 Å². The molecule has 0 aromatic rings. The minimum atomic E-state index is -0.602. The Morgan fingerprint density at radius 3 is 2.07 bits per heavy atom. The number of carbonyl (C=O) groups is 2. The maximum atomic E-state index is 10.8. The second kappa shape index (κ2) is 20.1. The van der Waals surface area contributed by atoms with Gasteiger partial charge in [0.25, 0.3) is 0 Å². The van der Waals surface area contributed by atoms with Gasteiger partial charge in [-0.2, -0.15) is 0 Å². The zero-order valence-corrected chi connectivity index (χ0v) is 26.2. The van der Waals surface area contributed by atoms with Crippen molar-refractivity contribution in [1.29, 1.82) is 0 Å². The number of carboxylic acids is 1. The summed E-state index contributed by atoms with van der Waals surface area (Å²) in [7, 11) is 0. The molecule has 0 unspecified atom stereocenters. The van der Waals surface area contributed by atoms with Crippen molar-refractivity contribution in [1.82, 2.24) is 10.6 Å². The van der Waals surface area contributed by atoms with Crippen LogP contribution in [0.5, 0.6) is 0 Å². The van der Waals surface area contributed by atoms with Gasteiger partial charge in [0.05, 0.1) is 29.1 Å². The lowest BCUT2D eigenvalue weighted by Crippen LogP contribution is -2.33. The highest BCUT2D eigenvalue weighted by Gasteiger charge is 2.19. The van der Waals surface area contributed by atoms with Crippen molar-refractivity contribution < 1.29 is 14.7 Å². The van der Waals surface area contributed by atoms with Crippen molar-refractivity contribution in [2.75, 3.05) is 0 Å². The number of carbonyl (C=O) groups excluding carboxylic acids is 1. The van der Waals surface area contributed by atoms with Gasteiger partial charge in [-0.05, 0) is 89.2 Å². The number of aliphatic imine (C=N–C) groups is 2. The molecular formula is C33H52N6O3. The van der Waals surface area contributed by atoms with Gasteiger partial charge in [0.2, 0.25) is 6.41 Å². The highest BCUT2D eigenvalue weighted by Crippen LogP contribution is 2.23. The maximum absolute atomic E-state index is 10.8. The van der Waals surface area contributed by atoms with E-state index in [0.717, 1.165) is 62.2 Å². The number of nitrogens with one attached hydrogen (secondary N) is 2. The first-order valence-corrected chi connectivity index (χ1v) is 15.0. The largest absolute Gasteiger partial charge is 0.481 e. The maximum Gasteiger partial charge on any atom is 0.306 e. The van der Waals surface area contributed by atoms with Gasteiger partial charge in [-0.1, -0.05) is 57.8 Å². The van der Waals surface area contributed by atoms with E-state index in [1.54, 1.807) is 26.0 Å². The van der Waals surface area contributed by atoms with E-state index in [1.807, 2.05) is 26.0 Å². The number of amidine groups is 1. The molecule has 42 heavy (non-hydrogen) atoms. The first-order valence-electron chi connectivity index (χ1n) is 15.0. The second-order valence-corrected chi connectivity index (χ2v) is 10.8. The Balaban J connectivity index is 0.000000827. The summed E-state index contributed by atoms with van der Waals surface area (Å²) in [5.41, 5.74) is 16.2. The lowest BCUT2D eigenvalue weighted by molar-refractivity contribution is -0.142. The standard InChI is InChI=1S/C26H40N6O.C7H12O2/c1-7-9-14-24(30-21-12-10-11-13-21)31-23(8-2)32-26(20(6)27)25(28)19(5)15-16-22(18(3)4)29-17-33;8-7(9)6-4-2-1-3-5-6/h8-9,14-17,21,32H,3,7,10-13,27-28H2,1-2,4-6H3,(H,30,31);6H,1-5H2,(H,8,9)/b14-9+,16-15-,23-8+,25-19+,26-20+,29-22?;. The van der Waals surface area contributed by atoms with Gasteiger partial charge in [-0.25, -0.2) is 4.99 Å². The predicted octanol–water partition coefficient (Wildman–Crippen LogP) is 6.14. The van der Waals surface area contributed by atoms with Crippen LogP contribution >= 0.6 is 0 Å². The van der Waals surface area contributed by atoms with Crippen molar-refractivity contribution in [3.63, 3.8) is 0 Å². The minimum Gasteiger partial charge on any atom is -0.481 e. The first kappa shape index (κ1) is 36.1. The summed E-state index contributed by atoms with van der Waals surface area (Å²) in [5, 5.41) is 15.2. The molecule has 1 amide bonds. The molecule has 0 bridgehead atoms. The Hall–Kier alpha value is -3.88. The fourth-order valence-corrected chi connectivity index (χ4v) is 4.60. The third-order valence-corrected chi connectivity index (χ3v) is 7.13. The van der Waals surface area contributed by atoms with Crippen molar-refractivity contribution in [3.05, 3.63) is 71.0 Å². The monoisotopic (exact) mass is 580 g/mol. The summed E-state index contributed by atoms with van der Waals surface area (Å²) in [6.45, 7) is 13.3. The summed E-state index contributed by atoms with van der Waals surface area (Å²) in [5.74, 6) is 0.916. The summed E-state index contributed by atoms with van der Waals surface area (Å²) < 4.78 is 0. The molecule has 232 valence electrons. The van der Waals surface area contributed by atoms with E-state index in [2.05, 4.69) is 35.2 Å². The fourth-order valence-electron chi connectivity index (χ4n) is 4.60. The molecule has 0 heterocycles. The third kappa shape index (κ3) is 13.7. The highest BCUT2D eigenvalue weighted by molar-refractivity contribution is 6.10. The molecular weight excluding hydrogens is 528 g/mol. The van der Waals surface area contributed by atoms with Crippen molar-refractivity contribution in [3.8, 4) is 0 Å². The SMILES string of the molecule is C=C(C)C(\C=C/C(C)=C(N)\C(N/C(=C/C)NC(/C=C/CC)=NC1CCCC1)=C(\C)N)=NC=O.O=C(O)C1CCCCC1. The number of rotatable bonds is 12. The zero-order valence-electron chi connectivity index (χ0n) is 26.2. The smallest absolute Gasteiger partial charge is 0.306 e. The zero-order chi connectivity index (χ0) is 31.5. The summed E-state index contributed by atoms with van der Waals surface area (Å²) in [6, 6.07) is 0.353. The van der Waals surface area contributed by atoms with Gasteiger partial charge >= 0.3 is 5.97 Å². The van der Waals surface area contributed by atoms with E-state index in [0.29, 0.717) is 40.8 Å². The van der Waals surface area contributed by atoms with Gasteiger partial charge in [0, 0.05) is 5.70 Å². The molecule has 9 nitrogen and oxygen atoms in total. The molecule has 0 radical (unpaired) electrons. The quantitative estimate of drug-likeness (QED) is 0.0804. The molecule has 7 N–H and O–H groups in total. The van der Waals surface area contributed by atoms with Crippen LogP contribution in [0.25, 0.3) is 0 Å². The topological polar surface area (TPSA) is 155 Å². The summed E-state index contributed by atoms with van der Waals surface area (Å²) in [4.78, 5) is 29.8. The molecule has 2 saturated carbocycles. The molecule has 0 aromatic carbocycles. The van der Waals surface area contributed by atoms with Gasteiger partial charge in [-0.15, -0.1) is 0 Å². The van der Waals surface area contributed by atoms with Crippen LogP contribution in [0.1, 0.15) is 98.8 Å². The van der Waals surface area contributed by atoms with E-state index in [1.165, 1.54) is 19.3 Å². The van der Waals surface area contributed by atoms with Crippen LogP contribution in [-0.2, 0) is 9.59 Å². The van der Waals surface area contributed by atoms with Gasteiger partial charge < -0.3 is 27.2 Å². The lowest BCUT2D eigenvalue weighted by atomic mass is 9.90. The van der Waals surface area contributed by atoms with E-state index >= 15 is 0 Å². The number of amides is 1. The van der Waals surface area contributed by atoms with Crippen LogP contribution in [-0.4, -0.2) is 35.1 Å². The molecule has 0 aromatic heterocycles. The van der Waals surface area contributed by atoms with Crippen LogP contribution in [0, 0.1) is 5.92 Å². The Morgan fingerprint density at radius 1 is 0.976 bits per heavy atom. The van der Waals surface area contributed by atoms with E-state index < -0.39 is 5.97 Å². The average molecular weight is 581 g/mol. The molecule has 0 saturated heterocycles. The molecule has 0 spiro atoms. The van der Waals surface area contributed by atoms with E-state index in [4.69, 9.17) is 21.6 Å². The minimum absolute atomic E-state index is 0.0289. The van der Waals surface area contributed by atoms with E-state index in [9.17, 15) is 9.59 Å².